The second-order valence-electron chi connectivity index (χ2n) is 5.30. The molecule has 0 saturated carbocycles. The van der Waals surface area contributed by atoms with Gasteiger partial charge in [-0.15, -0.1) is 0 Å². The van der Waals surface area contributed by atoms with Crippen LogP contribution in [0.15, 0.2) is 48.5 Å². The molecule has 0 spiro atoms. The van der Waals surface area contributed by atoms with E-state index in [0.29, 0.717) is 6.61 Å². The lowest BCUT2D eigenvalue weighted by Crippen LogP contribution is -2.17. The number of aliphatic hydroxyl groups excluding tert-OH is 1. The van der Waals surface area contributed by atoms with Gasteiger partial charge in [0.2, 0.25) is 0 Å². The summed E-state index contributed by atoms with van der Waals surface area (Å²) in [7, 11) is 1.62. The smallest absolute Gasteiger partial charge is 0.128 e. The lowest BCUT2D eigenvalue weighted by molar-refractivity contribution is -0.0163. The summed E-state index contributed by atoms with van der Waals surface area (Å²) in [6, 6.07) is 15.7. The molecule has 21 heavy (non-hydrogen) atoms. The van der Waals surface area contributed by atoms with Gasteiger partial charge in [-0.2, -0.15) is 0 Å². The van der Waals surface area contributed by atoms with Crippen LogP contribution in [0.25, 0.3) is 0 Å². The van der Waals surface area contributed by atoms with Crippen molar-refractivity contribution in [2.75, 3.05) is 13.7 Å². The lowest BCUT2D eigenvalue weighted by atomic mass is 9.94. The third-order valence-corrected chi connectivity index (χ3v) is 3.95. The fourth-order valence-corrected chi connectivity index (χ4v) is 2.90. The molecule has 3 heteroatoms. The standard InChI is InChI=1S/C18H20O3/c1-20-18(14-7-3-2-4-8-14)16(19)15-11-5-9-13-10-6-12-21-17(13)15/h2-5,7-9,11,16,18-19H,6,10,12H2,1H3. The van der Waals surface area contributed by atoms with Crippen molar-refractivity contribution in [3.8, 4) is 5.75 Å². The molecule has 3 nitrogen and oxygen atoms in total. The van der Waals surface area contributed by atoms with E-state index in [1.54, 1.807) is 7.11 Å². The summed E-state index contributed by atoms with van der Waals surface area (Å²) in [5, 5.41) is 10.8. The number of hydrogen-bond acceptors (Lipinski definition) is 3. The van der Waals surface area contributed by atoms with Gasteiger partial charge in [-0.1, -0.05) is 48.5 Å². The Morgan fingerprint density at radius 1 is 1.10 bits per heavy atom. The summed E-state index contributed by atoms with van der Waals surface area (Å²) in [6.07, 6.45) is 0.881. The van der Waals surface area contributed by atoms with E-state index in [1.165, 1.54) is 5.56 Å². The van der Waals surface area contributed by atoms with E-state index in [1.807, 2.05) is 42.5 Å². The number of benzene rings is 2. The van der Waals surface area contributed by atoms with Crippen molar-refractivity contribution in [3.63, 3.8) is 0 Å². The van der Waals surface area contributed by atoms with Gasteiger partial charge < -0.3 is 14.6 Å². The van der Waals surface area contributed by atoms with Crippen molar-refractivity contribution >= 4 is 0 Å². The SMILES string of the molecule is COC(c1ccccc1)C(O)c1cccc2c1OCCC2. The summed E-state index contributed by atoms with van der Waals surface area (Å²) in [5.74, 6) is 0.828. The van der Waals surface area contributed by atoms with Gasteiger partial charge in [0.25, 0.3) is 0 Å². The Morgan fingerprint density at radius 3 is 2.67 bits per heavy atom. The molecule has 2 unspecified atom stereocenters. The highest BCUT2D eigenvalue weighted by atomic mass is 16.5. The predicted octanol–water partition coefficient (Wildman–Crippen LogP) is 3.43. The fraction of sp³-hybridized carbons (Fsp3) is 0.333. The second kappa shape index (κ2) is 6.29. The summed E-state index contributed by atoms with van der Waals surface area (Å²) in [5.41, 5.74) is 2.93. The van der Waals surface area contributed by atoms with Crippen LogP contribution in [-0.2, 0) is 11.2 Å². The largest absolute Gasteiger partial charge is 0.493 e. The maximum Gasteiger partial charge on any atom is 0.128 e. The molecule has 2 aromatic carbocycles. The Morgan fingerprint density at radius 2 is 1.90 bits per heavy atom. The molecule has 0 saturated heterocycles. The van der Waals surface area contributed by atoms with Crippen LogP contribution in [0.1, 0.15) is 35.3 Å². The molecule has 1 aliphatic rings. The molecule has 2 aromatic rings. The number of aliphatic hydroxyl groups is 1. The lowest BCUT2D eigenvalue weighted by Gasteiger charge is -2.27. The summed E-state index contributed by atoms with van der Waals surface area (Å²) in [6.45, 7) is 0.708. The van der Waals surface area contributed by atoms with Crippen LogP contribution in [-0.4, -0.2) is 18.8 Å². The minimum atomic E-state index is -0.745. The van der Waals surface area contributed by atoms with Crippen LogP contribution < -0.4 is 4.74 Å². The second-order valence-corrected chi connectivity index (χ2v) is 5.30. The molecule has 1 N–H and O–H groups in total. The van der Waals surface area contributed by atoms with Crippen LogP contribution in [0.4, 0.5) is 0 Å². The van der Waals surface area contributed by atoms with Crippen LogP contribution in [0.5, 0.6) is 5.75 Å². The third-order valence-electron chi connectivity index (χ3n) is 3.95. The summed E-state index contributed by atoms with van der Waals surface area (Å²) < 4.78 is 11.3. The molecule has 0 bridgehead atoms. The molecule has 110 valence electrons. The molecule has 0 amide bonds. The Labute approximate surface area is 125 Å². The van der Waals surface area contributed by atoms with Gasteiger partial charge in [-0.3, -0.25) is 0 Å². The summed E-state index contributed by atoms with van der Waals surface area (Å²) >= 11 is 0. The number of para-hydroxylation sites is 1. The van der Waals surface area contributed by atoms with E-state index in [0.717, 1.165) is 29.7 Å². The monoisotopic (exact) mass is 284 g/mol. The zero-order valence-electron chi connectivity index (χ0n) is 12.2. The van der Waals surface area contributed by atoms with Crippen LogP contribution >= 0.6 is 0 Å². The Kier molecular flexibility index (Phi) is 4.23. The van der Waals surface area contributed by atoms with E-state index < -0.39 is 12.2 Å². The Bertz CT molecular complexity index is 595. The molecule has 0 radical (unpaired) electrons. The van der Waals surface area contributed by atoms with E-state index in [2.05, 4.69) is 6.07 Å². The van der Waals surface area contributed by atoms with E-state index in [-0.39, 0.29) is 0 Å². The number of hydrogen-bond donors (Lipinski definition) is 1. The van der Waals surface area contributed by atoms with Gasteiger partial charge in [0.15, 0.2) is 0 Å². The molecule has 0 fully saturated rings. The first-order chi connectivity index (χ1) is 10.3. The van der Waals surface area contributed by atoms with Gasteiger partial charge in [0.05, 0.1) is 6.61 Å². The fourth-order valence-electron chi connectivity index (χ4n) is 2.90. The number of rotatable bonds is 4. The van der Waals surface area contributed by atoms with Crippen LogP contribution in [0.3, 0.4) is 0 Å². The van der Waals surface area contributed by atoms with Crippen molar-refractivity contribution in [3.05, 3.63) is 65.2 Å². The topological polar surface area (TPSA) is 38.7 Å². The van der Waals surface area contributed by atoms with Crippen molar-refractivity contribution in [2.45, 2.75) is 25.0 Å². The summed E-state index contributed by atoms with van der Waals surface area (Å²) in [4.78, 5) is 0. The quantitative estimate of drug-likeness (QED) is 0.934. The first kappa shape index (κ1) is 14.1. The van der Waals surface area contributed by atoms with Crippen molar-refractivity contribution < 1.29 is 14.6 Å². The minimum absolute atomic E-state index is 0.400. The molecule has 3 rings (SSSR count). The average Bonchev–Trinajstić information content (AvgIpc) is 2.56. The zero-order chi connectivity index (χ0) is 14.7. The molecule has 0 aliphatic carbocycles. The number of ether oxygens (including phenoxy) is 2. The highest BCUT2D eigenvalue weighted by Crippen LogP contribution is 2.39. The third kappa shape index (κ3) is 2.80. The van der Waals surface area contributed by atoms with Crippen molar-refractivity contribution in [1.82, 2.24) is 0 Å². The van der Waals surface area contributed by atoms with E-state index in [9.17, 15) is 5.11 Å². The maximum atomic E-state index is 10.8. The normalized spacial score (nSPS) is 16.7. The molecule has 1 aliphatic heterocycles. The molecule has 1 heterocycles. The predicted molar refractivity (Wildman–Crippen MR) is 81.4 cm³/mol. The van der Waals surface area contributed by atoms with Gasteiger partial charge >= 0.3 is 0 Å². The number of aryl methyl sites for hydroxylation is 1. The highest BCUT2D eigenvalue weighted by molar-refractivity contribution is 5.45. The Hall–Kier alpha value is -1.84. The van der Waals surface area contributed by atoms with Gasteiger partial charge in [0, 0.05) is 12.7 Å². The van der Waals surface area contributed by atoms with Crippen LogP contribution in [0, 0.1) is 0 Å². The first-order valence-electron chi connectivity index (χ1n) is 7.31. The van der Waals surface area contributed by atoms with E-state index >= 15 is 0 Å². The number of methoxy groups -OCH3 is 1. The minimum Gasteiger partial charge on any atom is -0.493 e. The molecular formula is C18H20O3. The van der Waals surface area contributed by atoms with Crippen molar-refractivity contribution in [1.29, 1.82) is 0 Å². The van der Waals surface area contributed by atoms with E-state index in [4.69, 9.17) is 9.47 Å². The average molecular weight is 284 g/mol. The highest BCUT2D eigenvalue weighted by Gasteiger charge is 2.27. The first-order valence-corrected chi connectivity index (χ1v) is 7.31. The molecular weight excluding hydrogens is 264 g/mol. The van der Waals surface area contributed by atoms with Crippen LogP contribution in [0.2, 0.25) is 0 Å². The zero-order valence-corrected chi connectivity index (χ0v) is 12.2. The van der Waals surface area contributed by atoms with Gasteiger partial charge in [-0.25, -0.2) is 0 Å². The van der Waals surface area contributed by atoms with Gasteiger partial charge in [-0.05, 0) is 24.0 Å². The Balaban J connectivity index is 1.96. The van der Waals surface area contributed by atoms with Crippen molar-refractivity contribution in [2.24, 2.45) is 0 Å². The van der Waals surface area contributed by atoms with Gasteiger partial charge in [0.1, 0.15) is 18.0 Å². The number of fused-ring (bicyclic) bond motifs is 1. The maximum absolute atomic E-state index is 10.8. The molecule has 0 aromatic heterocycles. The molecule has 2 atom stereocenters.